The first-order valence-electron chi connectivity index (χ1n) is 14.3. The molecule has 0 spiro atoms. The Morgan fingerprint density at radius 2 is 1.65 bits per heavy atom. The van der Waals surface area contributed by atoms with Crippen LogP contribution in [0.15, 0.2) is 76.0 Å². The SMILES string of the molecule is Cc1nc(C)c(COC(=O)c2cccc3nc(OCC(F)F)n(Cc4ccc(-c5ccccc5-c5noc(=O)[nH]5)cc4)c23)nc1C. The number of nitrogens with one attached hydrogen (secondary N) is 1. The van der Waals surface area contributed by atoms with E-state index in [1.165, 1.54) is 0 Å². The fourth-order valence-electron chi connectivity index (χ4n) is 5.09. The lowest BCUT2D eigenvalue weighted by molar-refractivity contribution is 0.0468. The van der Waals surface area contributed by atoms with Gasteiger partial charge >= 0.3 is 11.7 Å². The number of carbonyl (C=O) groups is 1. The highest BCUT2D eigenvalue weighted by atomic mass is 19.3. The van der Waals surface area contributed by atoms with Gasteiger partial charge in [-0.1, -0.05) is 59.8 Å². The monoisotopic (exact) mass is 626 g/mol. The van der Waals surface area contributed by atoms with Crippen LogP contribution >= 0.6 is 0 Å². The van der Waals surface area contributed by atoms with Crippen molar-refractivity contribution in [1.29, 1.82) is 0 Å². The van der Waals surface area contributed by atoms with Gasteiger partial charge < -0.3 is 9.47 Å². The molecule has 0 amide bonds. The summed E-state index contributed by atoms with van der Waals surface area (Å²) >= 11 is 0. The fourth-order valence-corrected chi connectivity index (χ4v) is 5.09. The molecule has 13 heteroatoms. The summed E-state index contributed by atoms with van der Waals surface area (Å²) < 4.78 is 43.7. The van der Waals surface area contributed by atoms with E-state index in [4.69, 9.17) is 9.47 Å². The Kier molecular flexibility index (Phi) is 8.38. The minimum Gasteiger partial charge on any atom is -0.459 e. The number of carbonyl (C=O) groups excluding carboxylic acids is 1. The van der Waals surface area contributed by atoms with Crippen LogP contribution < -0.4 is 10.5 Å². The molecular weight excluding hydrogens is 598 g/mol. The molecule has 0 unspecified atom stereocenters. The van der Waals surface area contributed by atoms with E-state index in [-0.39, 0.29) is 24.7 Å². The molecule has 234 valence electrons. The number of rotatable bonds is 10. The molecule has 0 fully saturated rings. The maximum absolute atomic E-state index is 13.4. The Labute approximate surface area is 260 Å². The average Bonchev–Trinajstić information content (AvgIpc) is 3.64. The number of H-pyrrole nitrogens is 1. The molecule has 11 nitrogen and oxygen atoms in total. The Balaban J connectivity index is 1.32. The van der Waals surface area contributed by atoms with Crippen molar-refractivity contribution in [2.75, 3.05) is 6.61 Å². The largest absolute Gasteiger partial charge is 0.459 e. The van der Waals surface area contributed by atoms with Crippen molar-refractivity contribution in [2.24, 2.45) is 0 Å². The molecule has 0 aliphatic heterocycles. The Morgan fingerprint density at radius 1 is 0.913 bits per heavy atom. The number of halogens is 2. The summed E-state index contributed by atoms with van der Waals surface area (Å²) in [5, 5.41) is 3.81. The number of alkyl halides is 2. The van der Waals surface area contributed by atoms with Crippen molar-refractivity contribution in [3.8, 4) is 28.5 Å². The lowest BCUT2D eigenvalue weighted by Crippen LogP contribution is -2.13. The van der Waals surface area contributed by atoms with Crippen LogP contribution in [0.2, 0.25) is 0 Å². The first kappa shape index (κ1) is 30.3. The quantitative estimate of drug-likeness (QED) is 0.187. The molecule has 3 aromatic carbocycles. The van der Waals surface area contributed by atoms with Crippen LogP contribution in [0.3, 0.4) is 0 Å². The first-order valence-corrected chi connectivity index (χ1v) is 14.3. The number of benzene rings is 3. The van der Waals surface area contributed by atoms with E-state index in [1.54, 1.807) is 29.7 Å². The predicted octanol–water partition coefficient (Wildman–Crippen LogP) is 5.81. The van der Waals surface area contributed by atoms with Crippen LogP contribution in [-0.4, -0.2) is 48.7 Å². The van der Waals surface area contributed by atoms with Crippen LogP contribution in [0, 0.1) is 20.8 Å². The van der Waals surface area contributed by atoms with Gasteiger partial charge in [-0.3, -0.25) is 24.0 Å². The van der Waals surface area contributed by atoms with Crippen molar-refractivity contribution in [2.45, 2.75) is 40.3 Å². The number of para-hydroxylation sites is 1. The number of aromatic nitrogens is 6. The third-order valence-electron chi connectivity index (χ3n) is 7.44. The van der Waals surface area contributed by atoms with E-state index >= 15 is 0 Å². The summed E-state index contributed by atoms with van der Waals surface area (Å²) in [7, 11) is 0. The van der Waals surface area contributed by atoms with Crippen molar-refractivity contribution in [1.82, 2.24) is 29.7 Å². The lowest BCUT2D eigenvalue weighted by atomic mass is 9.98. The Morgan fingerprint density at radius 3 is 2.37 bits per heavy atom. The standard InChI is InChI=1S/C33H28F2N6O5/c1-18-19(2)37-27(20(3)36-18)16-44-31(42)25-9-6-10-26-29(25)41(32(38-26)45-17-28(34)35)15-21-11-13-22(14-12-21)23-7-4-5-8-24(23)30-39-33(43)46-40-30/h4-14,28H,15-17H2,1-3H3,(H,39,40,43). The highest BCUT2D eigenvalue weighted by molar-refractivity contribution is 6.02. The second-order valence-corrected chi connectivity index (χ2v) is 10.5. The van der Waals surface area contributed by atoms with E-state index < -0.39 is 24.8 Å². The van der Waals surface area contributed by atoms with Crippen LogP contribution in [-0.2, 0) is 17.9 Å². The summed E-state index contributed by atoms with van der Waals surface area (Å²) in [5.41, 5.74) is 6.77. The van der Waals surface area contributed by atoms with Gasteiger partial charge in [0.15, 0.2) is 12.4 Å². The van der Waals surface area contributed by atoms with Gasteiger partial charge in [-0.15, -0.1) is 0 Å². The zero-order chi connectivity index (χ0) is 32.4. The second-order valence-electron chi connectivity index (χ2n) is 10.5. The number of aryl methyl sites for hydroxylation is 3. The number of aromatic amines is 1. The van der Waals surface area contributed by atoms with Crippen LogP contribution in [0.25, 0.3) is 33.5 Å². The molecule has 0 saturated heterocycles. The van der Waals surface area contributed by atoms with Crippen molar-refractivity contribution in [3.63, 3.8) is 0 Å². The molecule has 0 aliphatic rings. The molecule has 3 aromatic heterocycles. The van der Waals surface area contributed by atoms with Gasteiger partial charge in [0, 0.05) is 5.56 Å². The molecule has 6 aromatic rings. The van der Waals surface area contributed by atoms with E-state index in [0.29, 0.717) is 33.8 Å². The molecule has 46 heavy (non-hydrogen) atoms. The Hall–Kier alpha value is -5.72. The Bertz CT molecular complexity index is 2100. The third kappa shape index (κ3) is 6.25. The smallest absolute Gasteiger partial charge is 0.439 e. The molecular formula is C33H28F2N6O5. The minimum absolute atomic E-state index is 0.0594. The number of hydrogen-bond donors (Lipinski definition) is 1. The first-order chi connectivity index (χ1) is 22.2. The second kappa shape index (κ2) is 12.7. The molecule has 6 rings (SSSR count). The molecule has 0 saturated carbocycles. The van der Waals surface area contributed by atoms with Crippen molar-refractivity contribution in [3.05, 3.63) is 111 Å². The van der Waals surface area contributed by atoms with Crippen molar-refractivity contribution >= 4 is 17.0 Å². The summed E-state index contributed by atoms with van der Waals surface area (Å²) in [6, 6.07) is 19.7. The van der Waals surface area contributed by atoms with Gasteiger partial charge in [0.25, 0.3) is 12.4 Å². The number of ether oxygens (including phenoxy) is 2. The topological polar surface area (TPSA) is 138 Å². The van der Waals surface area contributed by atoms with Gasteiger partial charge in [0.1, 0.15) is 6.61 Å². The molecule has 3 heterocycles. The summed E-state index contributed by atoms with van der Waals surface area (Å²) in [6.07, 6.45) is -2.72. The van der Waals surface area contributed by atoms with E-state index in [2.05, 4.69) is 29.6 Å². The minimum atomic E-state index is -2.72. The number of hydrogen-bond acceptors (Lipinski definition) is 9. The van der Waals surface area contributed by atoms with E-state index in [9.17, 15) is 18.4 Å². The maximum atomic E-state index is 13.4. The number of fused-ring (bicyclic) bond motifs is 1. The van der Waals surface area contributed by atoms with Crippen LogP contribution in [0.1, 0.15) is 38.7 Å². The summed E-state index contributed by atoms with van der Waals surface area (Å²) in [5.74, 6) is -0.992. The molecule has 1 N–H and O–H groups in total. The zero-order valence-electron chi connectivity index (χ0n) is 25.1. The number of nitrogens with zero attached hydrogens (tertiary/aromatic N) is 5. The summed E-state index contributed by atoms with van der Waals surface area (Å²) in [4.78, 5) is 40.9. The van der Waals surface area contributed by atoms with Gasteiger partial charge in [-0.25, -0.2) is 18.4 Å². The van der Waals surface area contributed by atoms with Gasteiger partial charge in [0.05, 0.1) is 45.9 Å². The van der Waals surface area contributed by atoms with Gasteiger partial charge in [0.2, 0.25) is 0 Å². The third-order valence-corrected chi connectivity index (χ3v) is 7.44. The average molecular weight is 627 g/mol. The fraction of sp³-hybridized carbons (Fsp3) is 0.212. The van der Waals surface area contributed by atoms with E-state index in [0.717, 1.165) is 28.1 Å². The summed E-state index contributed by atoms with van der Waals surface area (Å²) in [6.45, 7) is 4.67. The zero-order valence-corrected chi connectivity index (χ0v) is 25.1. The highest BCUT2D eigenvalue weighted by Crippen LogP contribution is 2.31. The molecule has 0 aliphatic carbocycles. The van der Waals surface area contributed by atoms with Gasteiger partial charge in [-0.2, -0.15) is 4.98 Å². The number of esters is 1. The molecule has 0 atom stereocenters. The highest BCUT2D eigenvalue weighted by Gasteiger charge is 2.22. The van der Waals surface area contributed by atoms with Gasteiger partial charge in [-0.05, 0) is 49.6 Å². The van der Waals surface area contributed by atoms with Crippen LogP contribution in [0.4, 0.5) is 8.78 Å². The van der Waals surface area contributed by atoms with Crippen LogP contribution in [0.5, 0.6) is 6.01 Å². The normalized spacial score (nSPS) is 11.3. The molecule has 0 radical (unpaired) electrons. The lowest BCUT2D eigenvalue weighted by Gasteiger charge is -2.13. The van der Waals surface area contributed by atoms with Crippen molar-refractivity contribution < 1.29 is 27.6 Å². The van der Waals surface area contributed by atoms with E-state index in [1.807, 2.05) is 62.4 Å². The maximum Gasteiger partial charge on any atom is 0.439 e. The molecule has 0 bridgehead atoms. The number of imidazole rings is 1. The predicted molar refractivity (Wildman–Crippen MR) is 164 cm³/mol.